The van der Waals surface area contributed by atoms with Gasteiger partial charge in [-0.05, 0) is 50.7 Å². The number of aromatic nitrogens is 3. The molecule has 0 saturated carbocycles. The van der Waals surface area contributed by atoms with Gasteiger partial charge in [0.05, 0.1) is 30.9 Å². The van der Waals surface area contributed by atoms with Crippen molar-refractivity contribution < 1.29 is 14.3 Å². The minimum atomic E-state index is -0.964. The van der Waals surface area contributed by atoms with Crippen LogP contribution in [0.2, 0.25) is 0 Å². The van der Waals surface area contributed by atoms with Crippen molar-refractivity contribution >= 4 is 23.8 Å². The second kappa shape index (κ2) is 9.36. The summed E-state index contributed by atoms with van der Waals surface area (Å²) in [6, 6.07) is 3.62. The van der Waals surface area contributed by atoms with Crippen molar-refractivity contribution in [3.05, 3.63) is 41.1 Å². The molecular formula is C22H27FN6O2. The molecule has 0 bridgehead atoms. The van der Waals surface area contributed by atoms with Gasteiger partial charge in [0.2, 0.25) is 0 Å². The largest absolute Gasteiger partial charge is 0.481 e. The molecule has 4 rings (SSSR count). The normalized spacial score (nSPS) is 18.8. The number of carbonyl (C=O) groups is 1. The van der Waals surface area contributed by atoms with Gasteiger partial charge in [-0.25, -0.2) is 14.4 Å². The van der Waals surface area contributed by atoms with Gasteiger partial charge in [-0.1, -0.05) is 6.07 Å². The molecule has 2 aromatic heterocycles. The Bertz CT molecular complexity index is 1020. The van der Waals surface area contributed by atoms with Crippen LogP contribution >= 0.6 is 0 Å². The molecule has 0 aromatic carbocycles. The van der Waals surface area contributed by atoms with Gasteiger partial charge in [-0.2, -0.15) is 5.10 Å². The number of pyridine rings is 1. The second-order valence-corrected chi connectivity index (χ2v) is 8.09. The summed E-state index contributed by atoms with van der Waals surface area (Å²) in [6.45, 7) is 3.15. The van der Waals surface area contributed by atoms with E-state index >= 15 is 0 Å². The maximum Gasteiger partial charge on any atom is 0.305 e. The quantitative estimate of drug-likeness (QED) is 0.675. The monoisotopic (exact) mass is 426 g/mol. The number of anilines is 1. The molecule has 4 heterocycles. The van der Waals surface area contributed by atoms with E-state index in [9.17, 15) is 14.3 Å². The number of aliphatic imine (C=N–C) groups is 2. The van der Waals surface area contributed by atoms with Crippen LogP contribution in [0.4, 0.5) is 10.2 Å². The SMILES string of the molecule is CC1=NCC([C@@H](CC(=O)O)n2cc(F)c(CCCc3ccc4c(n3)NCCC4)n2)C=N1. The number of hydrogen-bond donors (Lipinski definition) is 2. The van der Waals surface area contributed by atoms with Crippen LogP contribution < -0.4 is 5.32 Å². The predicted octanol–water partition coefficient (Wildman–Crippen LogP) is 3.09. The molecule has 0 spiro atoms. The van der Waals surface area contributed by atoms with E-state index in [2.05, 4.69) is 31.5 Å². The number of aryl methyl sites for hydroxylation is 3. The van der Waals surface area contributed by atoms with Gasteiger partial charge in [0.15, 0.2) is 5.82 Å². The molecule has 9 heteroatoms. The average Bonchev–Trinajstić information content (AvgIpc) is 3.13. The smallest absolute Gasteiger partial charge is 0.305 e. The predicted molar refractivity (Wildman–Crippen MR) is 117 cm³/mol. The highest BCUT2D eigenvalue weighted by atomic mass is 19.1. The lowest BCUT2D eigenvalue weighted by Crippen LogP contribution is -2.28. The molecule has 2 aliphatic rings. The molecule has 31 heavy (non-hydrogen) atoms. The number of aliphatic carboxylic acids is 1. The first-order valence-corrected chi connectivity index (χ1v) is 10.7. The van der Waals surface area contributed by atoms with E-state index in [0.29, 0.717) is 30.9 Å². The zero-order valence-electron chi connectivity index (χ0n) is 17.6. The Hall–Kier alpha value is -3.10. The molecule has 164 valence electrons. The van der Waals surface area contributed by atoms with Crippen molar-refractivity contribution in [3.8, 4) is 0 Å². The van der Waals surface area contributed by atoms with Gasteiger partial charge in [0.25, 0.3) is 0 Å². The number of carboxylic acid groups (broad SMARTS) is 1. The van der Waals surface area contributed by atoms with Crippen molar-refractivity contribution in [1.82, 2.24) is 14.8 Å². The van der Waals surface area contributed by atoms with Crippen LogP contribution in [0.5, 0.6) is 0 Å². The summed E-state index contributed by atoms with van der Waals surface area (Å²) in [4.78, 5) is 24.5. The maximum absolute atomic E-state index is 14.6. The van der Waals surface area contributed by atoms with Crippen LogP contribution in [0.15, 0.2) is 28.3 Å². The fourth-order valence-corrected chi connectivity index (χ4v) is 4.06. The molecule has 2 aromatic rings. The average molecular weight is 426 g/mol. The van der Waals surface area contributed by atoms with Crippen LogP contribution in [-0.4, -0.2) is 51.0 Å². The third-order valence-corrected chi connectivity index (χ3v) is 5.76. The Kier molecular flexibility index (Phi) is 6.39. The highest BCUT2D eigenvalue weighted by Gasteiger charge is 2.28. The summed E-state index contributed by atoms with van der Waals surface area (Å²) in [5, 5.41) is 17.1. The summed E-state index contributed by atoms with van der Waals surface area (Å²) in [6.07, 6.45) is 6.89. The molecule has 0 fully saturated rings. The van der Waals surface area contributed by atoms with Crippen LogP contribution in [0, 0.1) is 11.7 Å². The zero-order valence-corrected chi connectivity index (χ0v) is 17.6. The van der Waals surface area contributed by atoms with Crippen molar-refractivity contribution in [2.45, 2.75) is 51.5 Å². The molecule has 0 radical (unpaired) electrons. The number of amidine groups is 1. The van der Waals surface area contributed by atoms with E-state index in [1.54, 1.807) is 13.1 Å². The fraction of sp³-hybridized carbons (Fsp3) is 0.500. The molecule has 2 N–H and O–H groups in total. The first-order chi connectivity index (χ1) is 15.0. The van der Waals surface area contributed by atoms with Crippen molar-refractivity contribution in [1.29, 1.82) is 0 Å². The Balaban J connectivity index is 1.41. The van der Waals surface area contributed by atoms with Crippen molar-refractivity contribution in [2.24, 2.45) is 15.9 Å². The lowest BCUT2D eigenvalue weighted by Gasteiger charge is -2.23. The highest BCUT2D eigenvalue weighted by molar-refractivity contribution is 5.90. The fourth-order valence-electron chi connectivity index (χ4n) is 4.06. The van der Waals surface area contributed by atoms with Crippen molar-refractivity contribution in [3.63, 3.8) is 0 Å². The Morgan fingerprint density at radius 3 is 3.03 bits per heavy atom. The van der Waals surface area contributed by atoms with E-state index in [1.165, 1.54) is 16.4 Å². The summed E-state index contributed by atoms with van der Waals surface area (Å²) >= 11 is 0. The van der Waals surface area contributed by atoms with E-state index < -0.39 is 17.8 Å². The molecule has 0 amide bonds. The standard InChI is InChI=1S/C22H27FN6O2/c1-14-25-11-16(12-26-14)20(10-21(30)31)29-13-18(23)19(28-29)6-2-5-17-8-7-15-4-3-9-24-22(15)27-17/h7-8,11,13,16,20H,2-6,9-10,12H2,1H3,(H,24,27)(H,30,31)/t16?,20-/m1/s1. The summed E-state index contributed by atoms with van der Waals surface area (Å²) in [5.41, 5.74) is 2.57. The third-order valence-electron chi connectivity index (χ3n) is 5.76. The molecule has 2 aliphatic heterocycles. The van der Waals surface area contributed by atoms with Crippen LogP contribution in [0.1, 0.15) is 49.2 Å². The van der Waals surface area contributed by atoms with Crippen LogP contribution in [0.3, 0.4) is 0 Å². The second-order valence-electron chi connectivity index (χ2n) is 8.09. The third kappa shape index (κ3) is 5.15. The minimum absolute atomic E-state index is 0.169. The molecule has 0 aliphatic carbocycles. The zero-order chi connectivity index (χ0) is 21.8. The summed E-state index contributed by atoms with van der Waals surface area (Å²) in [7, 11) is 0. The highest BCUT2D eigenvalue weighted by Crippen LogP contribution is 2.25. The van der Waals surface area contributed by atoms with Gasteiger partial charge in [-0.15, -0.1) is 0 Å². The van der Waals surface area contributed by atoms with Gasteiger partial charge in [0, 0.05) is 24.4 Å². The van der Waals surface area contributed by atoms with Gasteiger partial charge < -0.3 is 10.4 Å². The number of halogens is 1. The van der Waals surface area contributed by atoms with Gasteiger partial charge >= 0.3 is 5.97 Å². The molecular weight excluding hydrogens is 399 g/mol. The molecule has 1 unspecified atom stereocenters. The minimum Gasteiger partial charge on any atom is -0.481 e. The summed E-state index contributed by atoms with van der Waals surface area (Å²) < 4.78 is 16.0. The number of rotatable bonds is 8. The van der Waals surface area contributed by atoms with E-state index in [0.717, 1.165) is 37.3 Å². The lowest BCUT2D eigenvalue weighted by molar-refractivity contribution is -0.138. The van der Waals surface area contributed by atoms with Gasteiger partial charge in [0.1, 0.15) is 11.7 Å². The number of carboxylic acids is 1. The van der Waals surface area contributed by atoms with E-state index in [-0.39, 0.29) is 12.3 Å². The maximum atomic E-state index is 14.6. The van der Waals surface area contributed by atoms with Crippen molar-refractivity contribution in [2.75, 3.05) is 18.4 Å². The summed E-state index contributed by atoms with van der Waals surface area (Å²) in [5.74, 6) is 0.00247. The van der Waals surface area contributed by atoms with Crippen LogP contribution in [-0.2, 0) is 24.1 Å². The number of nitrogens with one attached hydrogen (secondary N) is 1. The lowest BCUT2D eigenvalue weighted by atomic mass is 9.97. The topological polar surface area (TPSA) is 105 Å². The van der Waals surface area contributed by atoms with E-state index in [1.807, 2.05) is 6.07 Å². The molecule has 2 atom stereocenters. The molecule has 0 saturated heterocycles. The number of nitrogens with zero attached hydrogens (tertiary/aromatic N) is 5. The Morgan fingerprint density at radius 1 is 1.39 bits per heavy atom. The van der Waals surface area contributed by atoms with E-state index in [4.69, 9.17) is 0 Å². The Labute approximate surface area is 180 Å². The first-order valence-electron chi connectivity index (χ1n) is 10.7. The number of hydrogen-bond acceptors (Lipinski definition) is 6. The number of fused-ring (bicyclic) bond motifs is 1. The molecule has 8 nitrogen and oxygen atoms in total. The first kappa shape index (κ1) is 21.1. The van der Waals surface area contributed by atoms with Crippen LogP contribution in [0.25, 0.3) is 0 Å². The Morgan fingerprint density at radius 2 is 2.26 bits per heavy atom. The van der Waals surface area contributed by atoms with Gasteiger partial charge in [-0.3, -0.25) is 14.5 Å².